The van der Waals surface area contributed by atoms with E-state index in [-0.39, 0.29) is 17.7 Å². The lowest BCUT2D eigenvalue weighted by Crippen LogP contribution is -2.49. The molecule has 1 N–H and O–H groups in total. The molecule has 4 nitrogen and oxygen atoms in total. The lowest BCUT2D eigenvalue weighted by Gasteiger charge is -2.40. The second kappa shape index (κ2) is 2.96. The van der Waals surface area contributed by atoms with Gasteiger partial charge in [-0.2, -0.15) is 0 Å². The van der Waals surface area contributed by atoms with Gasteiger partial charge < -0.3 is 14.7 Å². The maximum absolute atomic E-state index is 11.3. The number of rotatable bonds is 2. The molecule has 0 spiro atoms. The summed E-state index contributed by atoms with van der Waals surface area (Å²) in [5.41, 5.74) is 0.125. The van der Waals surface area contributed by atoms with Gasteiger partial charge in [0.15, 0.2) is 0 Å². The third kappa shape index (κ3) is 1.69. The van der Waals surface area contributed by atoms with Crippen molar-refractivity contribution in [3.05, 3.63) is 0 Å². The van der Waals surface area contributed by atoms with E-state index in [4.69, 9.17) is 4.74 Å². The van der Waals surface area contributed by atoms with E-state index < -0.39 is 6.10 Å². The molecule has 13 heavy (non-hydrogen) atoms. The number of hydrogen-bond acceptors (Lipinski definition) is 3. The summed E-state index contributed by atoms with van der Waals surface area (Å²) in [6, 6.07) is 0. The number of carbonyl (C=O) groups is 1. The molecule has 0 aliphatic carbocycles. The monoisotopic (exact) mass is 185 g/mol. The predicted molar refractivity (Wildman–Crippen MR) is 46.1 cm³/mol. The number of β-amino-alcohol motifs (C(OH)–C–C–N with tert-alkyl or cyclic N) is 1. The van der Waals surface area contributed by atoms with Crippen LogP contribution in [0.25, 0.3) is 0 Å². The summed E-state index contributed by atoms with van der Waals surface area (Å²) in [5, 5.41) is 9.26. The highest BCUT2D eigenvalue weighted by Crippen LogP contribution is 2.29. The highest BCUT2D eigenvalue weighted by atomic mass is 16.5. The van der Waals surface area contributed by atoms with Crippen LogP contribution in [0.5, 0.6) is 0 Å². The molecule has 74 valence electrons. The van der Waals surface area contributed by atoms with E-state index >= 15 is 0 Å². The van der Waals surface area contributed by atoms with Gasteiger partial charge in [0.25, 0.3) is 0 Å². The molecule has 0 saturated carbocycles. The van der Waals surface area contributed by atoms with E-state index in [0.717, 1.165) is 19.8 Å². The number of amides is 1. The van der Waals surface area contributed by atoms with Gasteiger partial charge in [0.2, 0.25) is 5.91 Å². The van der Waals surface area contributed by atoms with Gasteiger partial charge >= 0.3 is 0 Å². The van der Waals surface area contributed by atoms with Gasteiger partial charge in [-0.15, -0.1) is 0 Å². The van der Waals surface area contributed by atoms with E-state index in [2.05, 4.69) is 6.92 Å². The van der Waals surface area contributed by atoms with Crippen molar-refractivity contribution in [2.24, 2.45) is 5.41 Å². The summed E-state index contributed by atoms with van der Waals surface area (Å²) in [6.07, 6.45) is -0.172. The number of likely N-dealkylation sites (tertiary alicyclic amines) is 1. The number of nitrogens with zero attached hydrogens (tertiary/aromatic N) is 1. The Morgan fingerprint density at radius 2 is 2.38 bits per heavy atom. The summed E-state index contributed by atoms with van der Waals surface area (Å²) in [7, 11) is 0. The maximum Gasteiger partial charge on any atom is 0.225 e. The van der Waals surface area contributed by atoms with Crippen molar-refractivity contribution in [2.75, 3.05) is 26.3 Å². The Kier molecular flexibility index (Phi) is 2.04. The molecule has 2 heterocycles. The molecular formula is C9H15NO3. The van der Waals surface area contributed by atoms with Crippen LogP contribution in [0.4, 0.5) is 0 Å². The van der Waals surface area contributed by atoms with Crippen LogP contribution in [0.2, 0.25) is 0 Å². The van der Waals surface area contributed by atoms with Crippen molar-refractivity contribution in [3.63, 3.8) is 0 Å². The van der Waals surface area contributed by atoms with Crippen LogP contribution >= 0.6 is 0 Å². The second-order valence-electron chi connectivity index (χ2n) is 4.44. The number of aliphatic hydroxyl groups is 1. The smallest absolute Gasteiger partial charge is 0.225 e. The van der Waals surface area contributed by atoms with Crippen LogP contribution in [0.3, 0.4) is 0 Å². The first-order valence-electron chi connectivity index (χ1n) is 4.63. The molecule has 2 rings (SSSR count). The zero-order valence-electron chi connectivity index (χ0n) is 7.82. The predicted octanol–water partition coefficient (Wildman–Crippen LogP) is -0.384. The molecule has 0 radical (unpaired) electrons. The molecule has 2 aliphatic rings. The minimum Gasteiger partial charge on any atom is -0.391 e. The Hall–Kier alpha value is -0.610. The van der Waals surface area contributed by atoms with Crippen LogP contribution in [0, 0.1) is 5.41 Å². The molecule has 2 fully saturated rings. The molecular weight excluding hydrogens is 170 g/mol. The van der Waals surface area contributed by atoms with Gasteiger partial charge in [-0.3, -0.25) is 4.79 Å². The zero-order chi connectivity index (χ0) is 9.47. The summed E-state index contributed by atoms with van der Waals surface area (Å²) < 4.78 is 5.11. The Morgan fingerprint density at radius 3 is 2.77 bits per heavy atom. The van der Waals surface area contributed by atoms with Gasteiger partial charge in [-0.1, -0.05) is 6.92 Å². The Morgan fingerprint density at radius 1 is 1.69 bits per heavy atom. The van der Waals surface area contributed by atoms with Gasteiger partial charge in [0, 0.05) is 18.5 Å². The van der Waals surface area contributed by atoms with E-state index in [0.29, 0.717) is 6.54 Å². The number of aliphatic hydroxyl groups excluding tert-OH is 1. The van der Waals surface area contributed by atoms with E-state index in [1.807, 2.05) is 0 Å². The van der Waals surface area contributed by atoms with Crippen molar-refractivity contribution in [2.45, 2.75) is 19.4 Å². The molecule has 2 aliphatic heterocycles. The van der Waals surface area contributed by atoms with Gasteiger partial charge in [0.05, 0.1) is 25.7 Å². The van der Waals surface area contributed by atoms with E-state index in [1.165, 1.54) is 0 Å². The first-order chi connectivity index (χ1) is 6.09. The van der Waals surface area contributed by atoms with Crippen LogP contribution in [0.15, 0.2) is 0 Å². The first-order valence-corrected chi connectivity index (χ1v) is 4.63. The highest BCUT2D eigenvalue weighted by molar-refractivity contribution is 5.79. The maximum atomic E-state index is 11.3. The molecule has 4 heteroatoms. The molecule has 1 amide bonds. The summed E-state index contributed by atoms with van der Waals surface area (Å²) in [6.45, 7) is 4.78. The SMILES string of the molecule is CC1(CN2CC(O)CC2=O)COC1. The molecule has 1 atom stereocenters. The summed E-state index contributed by atoms with van der Waals surface area (Å²) in [5.74, 6) is 0.0700. The van der Waals surface area contributed by atoms with E-state index in [1.54, 1.807) is 4.90 Å². The Labute approximate surface area is 77.5 Å². The number of hydrogen-bond donors (Lipinski definition) is 1. The van der Waals surface area contributed by atoms with Gasteiger partial charge in [-0.05, 0) is 0 Å². The van der Waals surface area contributed by atoms with Gasteiger partial charge in [-0.25, -0.2) is 0 Å². The van der Waals surface area contributed by atoms with E-state index in [9.17, 15) is 9.90 Å². The normalized spacial score (nSPS) is 32.0. The van der Waals surface area contributed by atoms with Crippen molar-refractivity contribution >= 4 is 5.91 Å². The molecule has 0 aromatic carbocycles. The van der Waals surface area contributed by atoms with Crippen LogP contribution < -0.4 is 0 Å². The minimum atomic E-state index is -0.461. The third-order valence-corrected chi connectivity index (χ3v) is 2.67. The lowest BCUT2D eigenvalue weighted by molar-refractivity contribution is -0.140. The lowest BCUT2D eigenvalue weighted by atomic mass is 9.88. The van der Waals surface area contributed by atoms with Crippen molar-refractivity contribution in [1.29, 1.82) is 0 Å². The van der Waals surface area contributed by atoms with Crippen molar-refractivity contribution in [3.8, 4) is 0 Å². The van der Waals surface area contributed by atoms with Crippen LogP contribution in [-0.4, -0.2) is 48.3 Å². The molecule has 0 aromatic rings. The van der Waals surface area contributed by atoms with Crippen molar-refractivity contribution < 1.29 is 14.6 Å². The van der Waals surface area contributed by atoms with Gasteiger partial charge in [0.1, 0.15) is 0 Å². The first kappa shape index (κ1) is 8.97. The van der Waals surface area contributed by atoms with Crippen LogP contribution in [0.1, 0.15) is 13.3 Å². The minimum absolute atomic E-state index is 0.0700. The number of ether oxygens (including phenoxy) is 1. The Bertz CT molecular complexity index is 225. The molecule has 0 bridgehead atoms. The standard InChI is InChI=1S/C9H15NO3/c1-9(5-13-6-9)4-10-3-7(11)2-8(10)12/h7,11H,2-6H2,1H3. The summed E-state index contributed by atoms with van der Waals surface area (Å²) in [4.78, 5) is 13.1. The highest BCUT2D eigenvalue weighted by Gasteiger charge is 2.39. The van der Waals surface area contributed by atoms with Crippen LogP contribution in [-0.2, 0) is 9.53 Å². The fourth-order valence-corrected chi connectivity index (χ4v) is 1.91. The third-order valence-electron chi connectivity index (χ3n) is 2.67. The largest absolute Gasteiger partial charge is 0.391 e. The number of carbonyl (C=O) groups excluding carboxylic acids is 1. The van der Waals surface area contributed by atoms with Crippen molar-refractivity contribution in [1.82, 2.24) is 4.90 Å². The Balaban J connectivity index is 1.91. The topological polar surface area (TPSA) is 49.8 Å². The summed E-state index contributed by atoms with van der Waals surface area (Å²) >= 11 is 0. The molecule has 2 saturated heterocycles. The average molecular weight is 185 g/mol. The second-order valence-corrected chi connectivity index (χ2v) is 4.44. The molecule has 1 unspecified atom stereocenters. The quantitative estimate of drug-likeness (QED) is 0.637. The molecule has 0 aromatic heterocycles. The fourth-order valence-electron chi connectivity index (χ4n) is 1.91. The fraction of sp³-hybridized carbons (Fsp3) is 0.889. The zero-order valence-corrected chi connectivity index (χ0v) is 7.82. The average Bonchev–Trinajstić information content (AvgIpc) is 2.27.